The molecular weight excluding hydrogens is 208 g/mol. The molecule has 0 radical (unpaired) electrons. The van der Waals surface area contributed by atoms with Crippen LogP contribution in [0.2, 0.25) is 0 Å². The number of rotatable bonds is 7. The second-order valence-electron chi connectivity index (χ2n) is 4.89. The van der Waals surface area contributed by atoms with Gasteiger partial charge in [0.05, 0.1) is 6.04 Å². The lowest BCUT2D eigenvalue weighted by Crippen LogP contribution is -2.39. The summed E-state index contributed by atoms with van der Waals surface area (Å²) < 4.78 is 0. The van der Waals surface area contributed by atoms with Crippen molar-refractivity contribution in [2.24, 2.45) is 11.1 Å². The number of carbonyl (C=O) groups is 2. The van der Waals surface area contributed by atoms with Gasteiger partial charge in [0.1, 0.15) is 0 Å². The van der Waals surface area contributed by atoms with Gasteiger partial charge in [0.25, 0.3) is 0 Å². The molecule has 0 aliphatic heterocycles. The summed E-state index contributed by atoms with van der Waals surface area (Å²) in [6, 6.07) is -0.498. The van der Waals surface area contributed by atoms with Crippen molar-refractivity contribution < 1.29 is 14.7 Å². The molecule has 0 aromatic carbocycles. The summed E-state index contributed by atoms with van der Waals surface area (Å²) in [4.78, 5) is 21.6. The fraction of sp³-hybridized carbons (Fsp3) is 0.818. The van der Waals surface area contributed by atoms with Gasteiger partial charge in [-0.1, -0.05) is 13.8 Å². The number of aliphatic carboxylic acids is 1. The van der Waals surface area contributed by atoms with Crippen molar-refractivity contribution in [3.8, 4) is 0 Å². The lowest BCUT2D eigenvalue weighted by Gasteiger charge is -2.24. The van der Waals surface area contributed by atoms with Crippen LogP contribution in [0.5, 0.6) is 0 Å². The number of nitrogens with two attached hydrogens (primary N) is 1. The van der Waals surface area contributed by atoms with Crippen LogP contribution in [0.3, 0.4) is 0 Å². The quantitative estimate of drug-likeness (QED) is 0.601. The van der Waals surface area contributed by atoms with E-state index in [0.717, 1.165) is 6.42 Å². The maximum atomic E-state index is 11.2. The van der Waals surface area contributed by atoms with Crippen LogP contribution in [0.4, 0.5) is 0 Å². The predicted octanol–water partition coefficient (Wildman–Crippen LogP) is 0.731. The summed E-state index contributed by atoms with van der Waals surface area (Å²) in [6.45, 7) is 6.15. The lowest BCUT2D eigenvalue weighted by atomic mass is 9.84. The zero-order valence-electron chi connectivity index (χ0n) is 10.2. The van der Waals surface area contributed by atoms with E-state index in [-0.39, 0.29) is 17.7 Å². The standard InChI is InChI=1S/C11H22N2O3/c1-8(12)10(16)13-7-6-11(2,3)5-4-9(14)15/h8H,4-7,12H2,1-3H3,(H,13,16)(H,14,15)/t8-/m1/s1. The Kier molecular flexibility index (Phi) is 6.03. The minimum Gasteiger partial charge on any atom is -0.481 e. The molecule has 0 saturated carbocycles. The summed E-state index contributed by atoms with van der Waals surface area (Å²) in [5, 5.41) is 11.3. The van der Waals surface area contributed by atoms with Gasteiger partial charge >= 0.3 is 5.97 Å². The number of amides is 1. The van der Waals surface area contributed by atoms with Crippen LogP contribution in [0.25, 0.3) is 0 Å². The van der Waals surface area contributed by atoms with Crippen molar-refractivity contribution in [1.29, 1.82) is 0 Å². The molecule has 0 saturated heterocycles. The Hall–Kier alpha value is -1.10. The third-order valence-electron chi connectivity index (χ3n) is 2.53. The van der Waals surface area contributed by atoms with Gasteiger partial charge in [0.2, 0.25) is 5.91 Å². The second-order valence-corrected chi connectivity index (χ2v) is 4.89. The van der Waals surface area contributed by atoms with E-state index in [1.807, 2.05) is 13.8 Å². The van der Waals surface area contributed by atoms with Crippen LogP contribution in [-0.2, 0) is 9.59 Å². The zero-order valence-corrected chi connectivity index (χ0v) is 10.2. The van der Waals surface area contributed by atoms with Crippen molar-refractivity contribution in [2.45, 2.75) is 46.1 Å². The average molecular weight is 230 g/mol. The van der Waals surface area contributed by atoms with Crippen molar-refractivity contribution >= 4 is 11.9 Å². The molecule has 5 nitrogen and oxygen atoms in total. The fourth-order valence-corrected chi connectivity index (χ4v) is 1.26. The maximum absolute atomic E-state index is 11.2. The van der Waals surface area contributed by atoms with Gasteiger partial charge in [0.15, 0.2) is 0 Å². The van der Waals surface area contributed by atoms with Gasteiger partial charge in [-0.15, -0.1) is 0 Å². The first-order chi connectivity index (χ1) is 7.24. The van der Waals surface area contributed by atoms with E-state index in [1.54, 1.807) is 6.92 Å². The smallest absolute Gasteiger partial charge is 0.303 e. The Morgan fingerprint density at radius 3 is 2.38 bits per heavy atom. The van der Waals surface area contributed by atoms with Crippen LogP contribution >= 0.6 is 0 Å². The molecule has 0 aliphatic rings. The third-order valence-corrected chi connectivity index (χ3v) is 2.53. The topological polar surface area (TPSA) is 92.4 Å². The molecule has 0 bridgehead atoms. The van der Waals surface area contributed by atoms with E-state index < -0.39 is 12.0 Å². The Labute approximate surface area is 96.4 Å². The lowest BCUT2D eigenvalue weighted by molar-refractivity contribution is -0.137. The van der Waals surface area contributed by atoms with Gasteiger partial charge in [0, 0.05) is 13.0 Å². The van der Waals surface area contributed by atoms with E-state index >= 15 is 0 Å². The molecule has 0 aromatic heterocycles. The molecule has 4 N–H and O–H groups in total. The molecule has 0 aliphatic carbocycles. The summed E-state index contributed by atoms with van der Waals surface area (Å²) in [6.07, 6.45) is 1.52. The van der Waals surface area contributed by atoms with Crippen molar-refractivity contribution in [3.05, 3.63) is 0 Å². The molecule has 1 atom stereocenters. The number of carboxylic acids is 1. The maximum Gasteiger partial charge on any atom is 0.303 e. The first kappa shape index (κ1) is 14.9. The van der Waals surface area contributed by atoms with Crippen LogP contribution in [0, 0.1) is 5.41 Å². The number of hydrogen-bond acceptors (Lipinski definition) is 3. The number of carboxylic acid groups (broad SMARTS) is 1. The highest BCUT2D eigenvalue weighted by molar-refractivity contribution is 5.80. The SMILES string of the molecule is C[C@@H](N)C(=O)NCCC(C)(C)CCC(=O)O. The molecule has 16 heavy (non-hydrogen) atoms. The van der Waals surface area contributed by atoms with Crippen molar-refractivity contribution in [1.82, 2.24) is 5.32 Å². The second kappa shape index (κ2) is 6.48. The van der Waals surface area contributed by atoms with Gasteiger partial charge in [-0.3, -0.25) is 9.59 Å². The molecule has 0 fully saturated rings. The molecule has 0 rings (SSSR count). The first-order valence-corrected chi connectivity index (χ1v) is 5.50. The molecular formula is C11H22N2O3. The molecule has 5 heteroatoms. The zero-order chi connectivity index (χ0) is 12.8. The van der Waals surface area contributed by atoms with Crippen LogP contribution in [-0.4, -0.2) is 29.6 Å². The first-order valence-electron chi connectivity index (χ1n) is 5.50. The Morgan fingerprint density at radius 1 is 1.38 bits per heavy atom. The van der Waals surface area contributed by atoms with Gasteiger partial charge in [-0.2, -0.15) is 0 Å². The average Bonchev–Trinajstić information content (AvgIpc) is 2.14. The van der Waals surface area contributed by atoms with E-state index in [4.69, 9.17) is 10.8 Å². The summed E-state index contributed by atoms with van der Waals surface area (Å²) in [5.74, 6) is -0.957. The van der Waals surface area contributed by atoms with Gasteiger partial charge < -0.3 is 16.2 Å². The molecule has 0 unspecified atom stereocenters. The van der Waals surface area contributed by atoms with E-state index in [9.17, 15) is 9.59 Å². The Morgan fingerprint density at radius 2 is 1.94 bits per heavy atom. The molecule has 0 spiro atoms. The van der Waals surface area contributed by atoms with Crippen LogP contribution in [0.15, 0.2) is 0 Å². The van der Waals surface area contributed by atoms with Crippen LogP contribution in [0.1, 0.15) is 40.0 Å². The third kappa shape index (κ3) is 7.23. The van der Waals surface area contributed by atoms with Gasteiger partial charge in [-0.25, -0.2) is 0 Å². The van der Waals surface area contributed by atoms with E-state index in [1.165, 1.54) is 0 Å². The van der Waals surface area contributed by atoms with Crippen molar-refractivity contribution in [3.63, 3.8) is 0 Å². The molecule has 1 amide bonds. The minimum atomic E-state index is -0.785. The minimum absolute atomic E-state index is 0.0799. The number of carbonyl (C=O) groups excluding carboxylic acids is 1. The highest BCUT2D eigenvalue weighted by atomic mass is 16.4. The molecule has 0 aromatic rings. The fourth-order valence-electron chi connectivity index (χ4n) is 1.26. The number of nitrogens with one attached hydrogen (secondary N) is 1. The highest BCUT2D eigenvalue weighted by Gasteiger charge is 2.19. The van der Waals surface area contributed by atoms with E-state index in [0.29, 0.717) is 13.0 Å². The molecule has 94 valence electrons. The normalized spacial score (nSPS) is 13.2. The van der Waals surface area contributed by atoms with Gasteiger partial charge in [-0.05, 0) is 25.2 Å². The Balaban J connectivity index is 3.81. The number of hydrogen-bond donors (Lipinski definition) is 3. The Bertz CT molecular complexity index is 250. The van der Waals surface area contributed by atoms with Crippen LogP contribution < -0.4 is 11.1 Å². The monoisotopic (exact) mass is 230 g/mol. The predicted molar refractivity (Wildman–Crippen MR) is 61.9 cm³/mol. The summed E-state index contributed by atoms with van der Waals surface area (Å²) >= 11 is 0. The van der Waals surface area contributed by atoms with Crippen molar-refractivity contribution in [2.75, 3.05) is 6.54 Å². The van der Waals surface area contributed by atoms with E-state index in [2.05, 4.69) is 5.32 Å². The molecule has 0 heterocycles. The highest BCUT2D eigenvalue weighted by Crippen LogP contribution is 2.25. The summed E-state index contributed by atoms with van der Waals surface area (Å²) in [5.41, 5.74) is 5.31. The largest absolute Gasteiger partial charge is 0.481 e. The summed E-state index contributed by atoms with van der Waals surface area (Å²) in [7, 11) is 0.